The summed E-state index contributed by atoms with van der Waals surface area (Å²) in [4.78, 5) is 0. The van der Waals surface area contributed by atoms with E-state index in [4.69, 9.17) is 0 Å². The molecule has 3 rings (SSSR count). The molecule has 0 bridgehead atoms. The van der Waals surface area contributed by atoms with Gasteiger partial charge in [0.05, 0.1) is 11.4 Å². The number of nitrogens with zero attached hydrogens (tertiary/aromatic N) is 4. The molecule has 0 aliphatic rings. The Labute approximate surface area is 152 Å². The van der Waals surface area contributed by atoms with Crippen LogP contribution in [0.3, 0.4) is 0 Å². The van der Waals surface area contributed by atoms with Crippen LogP contribution < -0.4 is 10.6 Å². The highest BCUT2D eigenvalue weighted by molar-refractivity contribution is 9.10. The first-order valence-corrected chi connectivity index (χ1v) is 8.23. The lowest BCUT2D eigenvalue weighted by molar-refractivity contribution is 0.881. The molecule has 0 spiro atoms. The molecule has 8 heteroatoms. The minimum absolute atomic E-state index is 0.240. The maximum atomic E-state index is 9.25. The van der Waals surface area contributed by atoms with Gasteiger partial charge >= 0.3 is 0 Å². The molecular weight excluding hydrogens is 382 g/mol. The van der Waals surface area contributed by atoms with Crippen molar-refractivity contribution in [3.8, 4) is 6.07 Å². The van der Waals surface area contributed by atoms with Crippen LogP contribution in [-0.4, -0.2) is 20.6 Å². The molecule has 2 aromatic carbocycles. The summed E-state index contributed by atoms with van der Waals surface area (Å²) < 4.78 is 0.923. The van der Waals surface area contributed by atoms with Crippen LogP contribution in [0.2, 0.25) is 0 Å². The highest BCUT2D eigenvalue weighted by atomic mass is 79.9. The monoisotopic (exact) mass is 395 g/mol. The number of hydrogen-bond acceptors (Lipinski definition) is 6. The Kier molecular flexibility index (Phi) is 5.39. The van der Waals surface area contributed by atoms with Crippen molar-refractivity contribution in [2.45, 2.75) is 6.54 Å². The summed E-state index contributed by atoms with van der Waals surface area (Å²) in [6, 6.07) is 18.0. The Morgan fingerprint density at radius 1 is 1.20 bits per heavy atom. The number of allylic oxidation sites excluding steroid dienone is 1. The molecule has 3 N–H and O–H groups in total. The number of nitriles is 1. The molecule has 1 heterocycles. The fourth-order valence-corrected chi connectivity index (χ4v) is 2.52. The van der Waals surface area contributed by atoms with E-state index >= 15 is 0 Å². The number of rotatable bonds is 6. The predicted octanol–water partition coefficient (Wildman–Crippen LogP) is 3.55. The fraction of sp³-hybridized carbons (Fsp3) is 0.0588. The largest absolute Gasteiger partial charge is 0.379 e. The summed E-state index contributed by atoms with van der Waals surface area (Å²) in [7, 11) is 0. The lowest BCUT2D eigenvalue weighted by atomic mass is 10.2. The molecule has 7 nitrogen and oxygen atoms in total. The Bertz CT molecular complexity index is 899. The van der Waals surface area contributed by atoms with Crippen LogP contribution in [-0.2, 0) is 6.54 Å². The van der Waals surface area contributed by atoms with E-state index in [-0.39, 0.29) is 11.4 Å². The molecular formula is C17H14BrN7. The van der Waals surface area contributed by atoms with E-state index in [1.807, 2.05) is 42.5 Å². The van der Waals surface area contributed by atoms with Crippen molar-refractivity contribution in [1.82, 2.24) is 20.6 Å². The molecule has 0 fully saturated rings. The summed E-state index contributed by atoms with van der Waals surface area (Å²) in [5.74, 6) is 0.240. The van der Waals surface area contributed by atoms with E-state index in [2.05, 4.69) is 59.3 Å². The summed E-state index contributed by atoms with van der Waals surface area (Å²) in [6.07, 6.45) is 1.56. The normalized spacial score (nSPS) is 11.0. The van der Waals surface area contributed by atoms with Gasteiger partial charge in [-0.1, -0.05) is 46.3 Å². The van der Waals surface area contributed by atoms with Gasteiger partial charge in [0.25, 0.3) is 0 Å². The molecule has 124 valence electrons. The van der Waals surface area contributed by atoms with Gasteiger partial charge < -0.3 is 10.6 Å². The van der Waals surface area contributed by atoms with E-state index < -0.39 is 0 Å². The van der Waals surface area contributed by atoms with Crippen LogP contribution >= 0.6 is 15.9 Å². The quantitative estimate of drug-likeness (QED) is 0.551. The minimum Gasteiger partial charge on any atom is -0.379 e. The Morgan fingerprint density at radius 3 is 2.76 bits per heavy atom. The van der Waals surface area contributed by atoms with Gasteiger partial charge in [-0.2, -0.15) is 10.5 Å². The molecule has 0 amide bonds. The van der Waals surface area contributed by atoms with Crippen molar-refractivity contribution in [2.24, 2.45) is 0 Å². The van der Waals surface area contributed by atoms with Crippen LogP contribution in [0.1, 0.15) is 11.4 Å². The molecule has 0 aliphatic carbocycles. The molecule has 0 saturated heterocycles. The lowest BCUT2D eigenvalue weighted by Gasteiger charge is -2.13. The second-order valence-corrected chi connectivity index (χ2v) is 5.99. The number of benzene rings is 2. The molecule has 25 heavy (non-hydrogen) atoms. The SMILES string of the molecule is N#CC(=CNc1cc(Br)ccc1NCc1ccccc1)c1nn[nH]n1. The maximum Gasteiger partial charge on any atom is 0.216 e. The molecule has 1 aromatic heterocycles. The predicted molar refractivity (Wildman–Crippen MR) is 99.3 cm³/mol. The Hall–Kier alpha value is -3.18. The third kappa shape index (κ3) is 4.43. The number of tetrazole rings is 1. The van der Waals surface area contributed by atoms with Gasteiger partial charge in [-0.15, -0.1) is 10.2 Å². The molecule has 0 unspecified atom stereocenters. The summed E-state index contributed by atoms with van der Waals surface area (Å²) >= 11 is 3.46. The van der Waals surface area contributed by atoms with Crippen LogP contribution in [0.25, 0.3) is 5.57 Å². The standard InChI is InChI=1S/C17H14BrN7/c18-14-6-7-15(20-10-12-4-2-1-3-5-12)16(8-14)21-11-13(9-19)17-22-24-25-23-17/h1-8,11,20-21H,10H2,(H,22,23,24,25). The van der Waals surface area contributed by atoms with Crippen molar-refractivity contribution in [3.63, 3.8) is 0 Å². The smallest absolute Gasteiger partial charge is 0.216 e. The zero-order chi connectivity index (χ0) is 17.5. The fourth-order valence-electron chi connectivity index (χ4n) is 2.16. The second kappa shape index (κ2) is 8.08. The first-order chi connectivity index (χ1) is 12.3. The summed E-state index contributed by atoms with van der Waals surface area (Å²) in [5.41, 5.74) is 3.19. The van der Waals surface area contributed by atoms with Crippen LogP contribution in [0.15, 0.2) is 59.2 Å². The highest BCUT2D eigenvalue weighted by Gasteiger charge is 2.07. The van der Waals surface area contributed by atoms with Crippen molar-refractivity contribution >= 4 is 32.9 Å². The minimum atomic E-state index is 0.240. The Balaban J connectivity index is 1.78. The van der Waals surface area contributed by atoms with E-state index in [0.717, 1.165) is 15.8 Å². The number of anilines is 2. The van der Waals surface area contributed by atoms with E-state index in [1.54, 1.807) is 6.20 Å². The topological polar surface area (TPSA) is 102 Å². The summed E-state index contributed by atoms with van der Waals surface area (Å²) in [6.45, 7) is 0.691. The number of hydrogen-bond donors (Lipinski definition) is 3. The van der Waals surface area contributed by atoms with Gasteiger partial charge in [-0.05, 0) is 29.0 Å². The van der Waals surface area contributed by atoms with E-state index in [0.29, 0.717) is 6.54 Å². The third-order valence-corrected chi connectivity index (χ3v) is 3.88. The number of H-pyrrole nitrogens is 1. The molecule has 3 aromatic rings. The van der Waals surface area contributed by atoms with Gasteiger partial charge in [-0.25, -0.2) is 0 Å². The molecule has 0 saturated carbocycles. The van der Waals surface area contributed by atoms with Crippen molar-refractivity contribution in [3.05, 3.63) is 70.6 Å². The van der Waals surface area contributed by atoms with Gasteiger partial charge in [0, 0.05) is 17.2 Å². The highest BCUT2D eigenvalue weighted by Crippen LogP contribution is 2.27. The maximum absolute atomic E-state index is 9.25. The number of nitrogens with one attached hydrogen (secondary N) is 3. The zero-order valence-electron chi connectivity index (χ0n) is 13.1. The lowest BCUT2D eigenvalue weighted by Crippen LogP contribution is -2.03. The average Bonchev–Trinajstić information content (AvgIpc) is 3.17. The molecule has 0 radical (unpaired) electrons. The van der Waals surface area contributed by atoms with Crippen molar-refractivity contribution in [1.29, 1.82) is 5.26 Å². The van der Waals surface area contributed by atoms with Crippen molar-refractivity contribution < 1.29 is 0 Å². The Morgan fingerprint density at radius 2 is 2.04 bits per heavy atom. The second-order valence-electron chi connectivity index (χ2n) is 5.08. The molecule has 0 aliphatic heterocycles. The van der Waals surface area contributed by atoms with Crippen LogP contribution in [0, 0.1) is 11.3 Å². The van der Waals surface area contributed by atoms with Gasteiger partial charge in [0.1, 0.15) is 11.6 Å². The number of halogens is 1. The van der Waals surface area contributed by atoms with Crippen LogP contribution in [0.5, 0.6) is 0 Å². The van der Waals surface area contributed by atoms with Gasteiger partial charge in [0.2, 0.25) is 5.82 Å². The van der Waals surface area contributed by atoms with Gasteiger partial charge in [0.15, 0.2) is 0 Å². The molecule has 0 atom stereocenters. The van der Waals surface area contributed by atoms with Crippen molar-refractivity contribution in [2.75, 3.05) is 10.6 Å². The van der Waals surface area contributed by atoms with Gasteiger partial charge in [-0.3, -0.25) is 0 Å². The first-order valence-electron chi connectivity index (χ1n) is 7.44. The zero-order valence-corrected chi connectivity index (χ0v) is 14.7. The van der Waals surface area contributed by atoms with E-state index in [9.17, 15) is 5.26 Å². The third-order valence-electron chi connectivity index (χ3n) is 3.39. The average molecular weight is 396 g/mol. The number of aromatic nitrogens is 4. The summed E-state index contributed by atoms with van der Waals surface area (Å²) in [5, 5.41) is 29.2. The van der Waals surface area contributed by atoms with Crippen LogP contribution in [0.4, 0.5) is 11.4 Å². The number of aromatic amines is 1. The van der Waals surface area contributed by atoms with E-state index in [1.165, 1.54) is 5.56 Å². The first kappa shape index (κ1) is 16.7.